The number of fused-ring (bicyclic) bond motifs is 1. The Bertz CT molecular complexity index is 831. The number of nitrogens with zero attached hydrogens (tertiary/aromatic N) is 2. The Morgan fingerprint density at radius 3 is 3.04 bits per heavy atom. The minimum atomic E-state index is -0.282. The van der Waals surface area contributed by atoms with E-state index in [0.29, 0.717) is 6.54 Å². The molecule has 1 atom stereocenters. The number of carbonyl (C=O) groups is 1. The highest BCUT2D eigenvalue weighted by Crippen LogP contribution is 2.20. The fourth-order valence-corrected chi connectivity index (χ4v) is 3.79. The predicted octanol–water partition coefficient (Wildman–Crippen LogP) is 1.66. The average molecular weight is 338 g/mol. The monoisotopic (exact) mass is 338 g/mol. The molecule has 2 N–H and O–H groups in total. The molecular weight excluding hydrogens is 316 g/mol. The summed E-state index contributed by atoms with van der Waals surface area (Å²) in [5.41, 5.74) is 2.04. The number of aromatic amines is 1. The minimum Gasteiger partial charge on any atom is -0.355 e. The number of hydrogen-bond donors (Lipinski definition) is 2. The zero-order chi connectivity index (χ0) is 17.2. The summed E-state index contributed by atoms with van der Waals surface area (Å²) in [6.45, 7) is 1.65. The Labute approximate surface area is 146 Å². The van der Waals surface area contributed by atoms with Crippen molar-refractivity contribution in [3.05, 3.63) is 57.6 Å². The Hall–Kier alpha value is -2.63. The molecule has 0 unspecified atom stereocenters. The molecule has 0 bridgehead atoms. The van der Waals surface area contributed by atoms with E-state index < -0.39 is 0 Å². The normalized spacial score (nSPS) is 19.5. The van der Waals surface area contributed by atoms with Crippen LogP contribution in [0.15, 0.2) is 35.3 Å². The zero-order valence-corrected chi connectivity index (χ0v) is 14.1. The summed E-state index contributed by atoms with van der Waals surface area (Å²) < 4.78 is 0. The molecule has 130 valence electrons. The number of H-pyrrole nitrogens is 1. The Morgan fingerprint density at radius 2 is 2.20 bits per heavy atom. The number of nitrogens with one attached hydrogen (secondary N) is 2. The van der Waals surface area contributed by atoms with Crippen LogP contribution in [0.1, 0.15) is 40.9 Å². The summed E-state index contributed by atoms with van der Waals surface area (Å²) in [7, 11) is 0. The topological polar surface area (TPSA) is 78.1 Å². The van der Waals surface area contributed by atoms with Crippen LogP contribution in [0.2, 0.25) is 0 Å². The summed E-state index contributed by atoms with van der Waals surface area (Å²) in [5.74, 6) is 0.653. The second-order valence-electron chi connectivity index (χ2n) is 6.82. The molecule has 3 heterocycles. The highest BCUT2D eigenvalue weighted by atomic mass is 16.2. The van der Waals surface area contributed by atoms with E-state index >= 15 is 0 Å². The summed E-state index contributed by atoms with van der Waals surface area (Å²) in [6.07, 6.45) is 6.55. The summed E-state index contributed by atoms with van der Waals surface area (Å²) in [4.78, 5) is 34.3. The molecule has 2 aromatic rings. The zero-order valence-electron chi connectivity index (χ0n) is 14.1. The lowest BCUT2D eigenvalue weighted by atomic mass is 10.0. The summed E-state index contributed by atoms with van der Waals surface area (Å²) in [6, 6.07) is 7.64. The molecule has 4 rings (SSSR count). The smallest absolute Gasteiger partial charge is 0.261 e. The molecular formula is C19H22N4O2. The largest absolute Gasteiger partial charge is 0.355 e. The highest BCUT2D eigenvalue weighted by Gasteiger charge is 2.24. The third kappa shape index (κ3) is 3.29. The van der Waals surface area contributed by atoms with Crippen LogP contribution in [-0.2, 0) is 12.8 Å². The summed E-state index contributed by atoms with van der Waals surface area (Å²) >= 11 is 0. The number of pyridine rings is 2. The van der Waals surface area contributed by atoms with Crippen LogP contribution in [0.5, 0.6) is 0 Å². The van der Waals surface area contributed by atoms with Crippen LogP contribution in [0, 0.1) is 0 Å². The lowest BCUT2D eigenvalue weighted by Crippen LogP contribution is -2.48. The van der Waals surface area contributed by atoms with Crippen LogP contribution in [0.3, 0.4) is 0 Å². The quantitative estimate of drug-likeness (QED) is 0.892. The van der Waals surface area contributed by atoms with E-state index in [0.717, 1.165) is 55.7 Å². The van der Waals surface area contributed by atoms with Gasteiger partial charge in [0.2, 0.25) is 0 Å². The van der Waals surface area contributed by atoms with Gasteiger partial charge >= 0.3 is 0 Å². The lowest BCUT2D eigenvalue weighted by molar-refractivity contribution is 0.0931. The molecule has 1 fully saturated rings. The number of anilines is 1. The molecule has 2 aliphatic rings. The van der Waals surface area contributed by atoms with Gasteiger partial charge in [-0.1, -0.05) is 6.07 Å². The molecule has 1 amide bonds. The van der Waals surface area contributed by atoms with Gasteiger partial charge in [0, 0.05) is 31.0 Å². The first kappa shape index (κ1) is 15.9. The van der Waals surface area contributed by atoms with E-state index in [2.05, 4.69) is 20.2 Å². The number of amides is 1. The van der Waals surface area contributed by atoms with Gasteiger partial charge in [0.15, 0.2) is 0 Å². The van der Waals surface area contributed by atoms with Gasteiger partial charge in [-0.3, -0.25) is 9.59 Å². The third-order valence-electron chi connectivity index (χ3n) is 5.06. The number of carbonyl (C=O) groups excluding carboxylic acids is 1. The first-order valence-electron chi connectivity index (χ1n) is 8.92. The fourth-order valence-electron chi connectivity index (χ4n) is 3.79. The van der Waals surface area contributed by atoms with Crippen LogP contribution >= 0.6 is 0 Å². The molecule has 0 spiro atoms. The van der Waals surface area contributed by atoms with Gasteiger partial charge in [0.1, 0.15) is 11.4 Å². The molecule has 1 saturated heterocycles. The number of piperidine rings is 1. The second-order valence-corrected chi connectivity index (χ2v) is 6.82. The van der Waals surface area contributed by atoms with Crippen molar-refractivity contribution >= 4 is 11.7 Å². The number of rotatable bonds is 3. The molecule has 0 radical (unpaired) electrons. The van der Waals surface area contributed by atoms with Gasteiger partial charge in [-0.25, -0.2) is 4.98 Å². The SMILES string of the molecule is O=C(N[C@@H]1CCCN(c2ccccn2)C1)c1cc2c([nH]c1=O)CCC2. The molecule has 1 aliphatic heterocycles. The standard InChI is InChI=1S/C19H22N4O2/c24-18(15-11-13-5-3-7-16(13)22-19(15)25)21-14-6-4-10-23(12-14)17-8-1-2-9-20-17/h1-2,8-9,11,14H,3-7,10,12H2,(H,21,24)(H,22,25)/t14-/m1/s1. The predicted molar refractivity (Wildman–Crippen MR) is 96.0 cm³/mol. The molecule has 0 aromatic carbocycles. The van der Waals surface area contributed by atoms with Crippen molar-refractivity contribution in [1.29, 1.82) is 0 Å². The van der Waals surface area contributed by atoms with Crippen molar-refractivity contribution in [3.63, 3.8) is 0 Å². The van der Waals surface area contributed by atoms with E-state index in [-0.39, 0.29) is 23.1 Å². The van der Waals surface area contributed by atoms with Crippen molar-refractivity contribution in [2.45, 2.75) is 38.1 Å². The first-order chi connectivity index (χ1) is 12.2. The van der Waals surface area contributed by atoms with Crippen LogP contribution in [-0.4, -0.2) is 35.0 Å². The Kier molecular flexibility index (Phi) is 4.26. The van der Waals surface area contributed by atoms with E-state index in [1.165, 1.54) is 0 Å². The van der Waals surface area contributed by atoms with E-state index in [1.807, 2.05) is 18.2 Å². The van der Waals surface area contributed by atoms with Crippen molar-refractivity contribution in [3.8, 4) is 0 Å². The average Bonchev–Trinajstić information content (AvgIpc) is 3.09. The number of hydrogen-bond acceptors (Lipinski definition) is 4. The fraction of sp³-hybridized carbons (Fsp3) is 0.421. The molecule has 1 aliphatic carbocycles. The maximum Gasteiger partial charge on any atom is 0.261 e. The van der Waals surface area contributed by atoms with E-state index in [4.69, 9.17) is 0 Å². The minimum absolute atomic E-state index is 0.0240. The third-order valence-corrected chi connectivity index (χ3v) is 5.06. The van der Waals surface area contributed by atoms with Crippen LogP contribution in [0.25, 0.3) is 0 Å². The molecule has 6 heteroatoms. The van der Waals surface area contributed by atoms with Crippen LogP contribution < -0.4 is 15.8 Å². The van der Waals surface area contributed by atoms with E-state index in [1.54, 1.807) is 12.3 Å². The highest BCUT2D eigenvalue weighted by molar-refractivity contribution is 5.94. The van der Waals surface area contributed by atoms with E-state index in [9.17, 15) is 9.59 Å². The van der Waals surface area contributed by atoms with Crippen molar-refractivity contribution < 1.29 is 4.79 Å². The molecule has 25 heavy (non-hydrogen) atoms. The molecule has 6 nitrogen and oxygen atoms in total. The maximum absolute atomic E-state index is 12.6. The molecule has 2 aromatic heterocycles. The van der Waals surface area contributed by atoms with Gasteiger partial charge < -0.3 is 15.2 Å². The maximum atomic E-state index is 12.6. The number of aryl methyl sites for hydroxylation is 2. The second kappa shape index (κ2) is 6.70. The van der Waals surface area contributed by atoms with Crippen LogP contribution in [0.4, 0.5) is 5.82 Å². The lowest BCUT2D eigenvalue weighted by Gasteiger charge is -2.33. The van der Waals surface area contributed by atoms with Gasteiger partial charge in [-0.15, -0.1) is 0 Å². The van der Waals surface area contributed by atoms with Crippen molar-refractivity contribution in [2.24, 2.45) is 0 Å². The van der Waals surface area contributed by atoms with Gasteiger partial charge in [0.25, 0.3) is 11.5 Å². The van der Waals surface area contributed by atoms with Gasteiger partial charge in [-0.2, -0.15) is 0 Å². The Morgan fingerprint density at radius 1 is 1.28 bits per heavy atom. The van der Waals surface area contributed by atoms with Crippen molar-refractivity contribution in [1.82, 2.24) is 15.3 Å². The van der Waals surface area contributed by atoms with Gasteiger partial charge in [0.05, 0.1) is 0 Å². The van der Waals surface area contributed by atoms with Gasteiger partial charge in [-0.05, 0) is 55.9 Å². The first-order valence-corrected chi connectivity index (χ1v) is 8.92. The molecule has 0 saturated carbocycles. The van der Waals surface area contributed by atoms with Crippen molar-refractivity contribution in [2.75, 3.05) is 18.0 Å². The summed E-state index contributed by atoms with van der Waals surface area (Å²) in [5, 5.41) is 3.04. The Balaban J connectivity index is 1.47. The number of aromatic nitrogens is 2.